The molecule has 3 heterocycles. The maximum Gasteiger partial charge on any atom is 0.139 e. The van der Waals surface area contributed by atoms with Crippen molar-refractivity contribution in [2.45, 2.75) is 25.8 Å². The topological polar surface area (TPSA) is 69.2 Å². The van der Waals surface area contributed by atoms with Crippen LogP contribution < -0.4 is 15.4 Å². The molecule has 0 amide bonds. The number of anilines is 1. The zero-order valence-electron chi connectivity index (χ0n) is 16.6. The van der Waals surface area contributed by atoms with Crippen molar-refractivity contribution in [3.63, 3.8) is 0 Å². The maximum atomic E-state index is 6.10. The monoisotopic (exact) mass is 387 g/mol. The molecule has 1 fully saturated rings. The summed E-state index contributed by atoms with van der Waals surface area (Å²) in [5, 5.41) is 1.14. The average Bonchev–Trinajstić information content (AvgIpc) is 3.17. The molecule has 6 heteroatoms. The summed E-state index contributed by atoms with van der Waals surface area (Å²) in [4.78, 5) is 12.0. The molecule has 29 heavy (non-hydrogen) atoms. The van der Waals surface area contributed by atoms with Gasteiger partial charge in [0.2, 0.25) is 0 Å². The predicted molar refractivity (Wildman–Crippen MR) is 117 cm³/mol. The third kappa shape index (κ3) is 3.29. The molecule has 4 aromatic rings. The van der Waals surface area contributed by atoms with E-state index in [-0.39, 0.29) is 0 Å². The van der Waals surface area contributed by atoms with E-state index in [0.29, 0.717) is 12.6 Å². The Balaban J connectivity index is 1.58. The van der Waals surface area contributed by atoms with Crippen molar-refractivity contribution in [2.75, 3.05) is 24.6 Å². The first-order valence-electron chi connectivity index (χ1n) is 10.2. The number of pyridine rings is 1. The minimum atomic E-state index is 0.309. The number of hydrogen-bond acceptors (Lipinski definition) is 5. The Morgan fingerprint density at radius 3 is 2.79 bits per heavy atom. The molecule has 1 aliphatic rings. The minimum Gasteiger partial charge on any atom is -0.494 e. The van der Waals surface area contributed by atoms with Crippen molar-refractivity contribution in [3.05, 3.63) is 54.9 Å². The SMILES string of the molecule is CCOc1ccc2c(c1)ncn2-c1ccc2cccc(N3CCC(N)CC3)c2n1. The number of benzene rings is 2. The molecule has 1 saturated heterocycles. The summed E-state index contributed by atoms with van der Waals surface area (Å²) in [6.07, 6.45) is 3.87. The molecule has 2 N–H and O–H groups in total. The van der Waals surface area contributed by atoms with Crippen LogP contribution in [0.5, 0.6) is 5.75 Å². The summed E-state index contributed by atoms with van der Waals surface area (Å²) < 4.78 is 7.63. The third-order valence-electron chi connectivity index (χ3n) is 5.64. The van der Waals surface area contributed by atoms with Crippen molar-refractivity contribution in [1.29, 1.82) is 0 Å². The Bertz CT molecular complexity index is 1160. The highest BCUT2D eigenvalue weighted by Crippen LogP contribution is 2.29. The zero-order valence-corrected chi connectivity index (χ0v) is 16.6. The average molecular weight is 387 g/mol. The number of ether oxygens (including phenoxy) is 1. The van der Waals surface area contributed by atoms with Crippen LogP contribution in [0.3, 0.4) is 0 Å². The molecule has 0 unspecified atom stereocenters. The fraction of sp³-hybridized carbons (Fsp3) is 0.304. The molecule has 1 aliphatic heterocycles. The standard InChI is InChI=1S/C23H25N5O/c1-2-29-18-7-8-20-19(14-18)25-15-28(20)22-9-6-16-4-3-5-21(23(16)26-22)27-12-10-17(24)11-13-27/h3-9,14-15,17H,2,10-13,24H2,1H3. The molecule has 0 saturated carbocycles. The number of aromatic nitrogens is 3. The first-order chi connectivity index (χ1) is 14.2. The Kier molecular flexibility index (Phi) is 4.56. The summed E-state index contributed by atoms with van der Waals surface area (Å²) >= 11 is 0. The maximum absolute atomic E-state index is 6.10. The van der Waals surface area contributed by atoms with Crippen molar-refractivity contribution in [2.24, 2.45) is 5.73 Å². The largest absolute Gasteiger partial charge is 0.494 e. The van der Waals surface area contributed by atoms with Crippen molar-refractivity contribution >= 4 is 27.6 Å². The highest BCUT2D eigenvalue weighted by molar-refractivity contribution is 5.92. The van der Waals surface area contributed by atoms with Gasteiger partial charge >= 0.3 is 0 Å². The molecule has 5 rings (SSSR count). The molecule has 0 bridgehead atoms. The van der Waals surface area contributed by atoms with Crippen molar-refractivity contribution in [1.82, 2.24) is 14.5 Å². The van der Waals surface area contributed by atoms with Crippen LogP contribution in [0.15, 0.2) is 54.9 Å². The highest BCUT2D eigenvalue weighted by Gasteiger charge is 2.19. The molecule has 6 nitrogen and oxygen atoms in total. The van der Waals surface area contributed by atoms with Crippen LogP contribution in [-0.4, -0.2) is 40.3 Å². The van der Waals surface area contributed by atoms with E-state index in [1.807, 2.05) is 36.0 Å². The second-order valence-corrected chi connectivity index (χ2v) is 7.54. The second kappa shape index (κ2) is 7.37. The smallest absolute Gasteiger partial charge is 0.139 e. The number of imidazole rings is 1. The van der Waals surface area contributed by atoms with Crippen LogP contribution in [0.25, 0.3) is 27.8 Å². The lowest BCUT2D eigenvalue weighted by molar-refractivity contribution is 0.340. The van der Waals surface area contributed by atoms with Crippen LogP contribution >= 0.6 is 0 Å². The normalized spacial score (nSPS) is 15.3. The summed E-state index contributed by atoms with van der Waals surface area (Å²) in [5.74, 6) is 1.70. The van der Waals surface area contributed by atoms with Gasteiger partial charge < -0.3 is 15.4 Å². The Morgan fingerprint density at radius 2 is 1.97 bits per heavy atom. The lowest BCUT2D eigenvalue weighted by Crippen LogP contribution is -2.39. The molecule has 2 aromatic carbocycles. The van der Waals surface area contributed by atoms with Crippen LogP contribution in [0.2, 0.25) is 0 Å². The van der Waals surface area contributed by atoms with E-state index in [9.17, 15) is 0 Å². The van der Waals surface area contributed by atoms with Gasteiger partial charge in [-0.2, -0.15) is 0 Å². The van der Waals surface area contributed by atoms with E-state index in [4.69, 9.17) is 15.5 Å². The number of piperidine rings is 1. The van der Waals surface area contributed by atoms with Gasteiger partial charge in [-0.15, -0.1) is 0 Å². The van der Waals surface area contributed by atoms with Gasteiger partial charge in [0.25, 0.3) is 0 Å². The van der Waals surface area contributed by atoms with Gasteiger partial charge in [0.15, 0.2) is 0 Å². The quantitative estimate of drug-likeness (QED) is 0.575. The molecular formula is C23H25N5O. The molecule has 0 radical (unpaired) electrons. The van der Waals surface area contributed by atoms with E-state index in [2.05, 4.69) is 40.2 Å². The zero-order chi connectivity index (χ0) is 19.8. The number of hydrogen-bond donors (Lipinski definition) is 1. The van der Waals surface area contributed by atoms with Crippen LogP contribution in [0.4, 0.5) is 5.69 Å². The summed E-state index contributed by atoms with van der Waals surface area (Å²) in [5.41, 5.74) is 10.2. The summed E-state index contributed by atoms with van der Waals surface area (Å²) in [6.45, 7) is 4.57. The van der Waals surface area contributed by atoms with Gasteiger partial charge in [0.05, 0.1) is 28.8 Å². The summed E-state index contributed by atoms with van der Waals surface area (Å²) in [6, 6.07) is 16.9. The van der Waals surface area contributed by atoms with E-state index in [0.717, 1.165) is 59.4 Å². The van der Waals surface area contributed by atoms with E-state index >= 15 is 0 Å². The highest BCUT2D eigenvalue weighted by atomic mass is 16.5. The van der Waals surface area contributed by atoms with Gasteiger partial charge in [-0.25, -0.2) is 9.97 Å². The van der Waals surface area contributed by atoms with Gasteiger partial charge in [-0.05, 0) is 50.1 Å². The number of para-hydroxylation sites is 1. The molecule has 2 aromatic heterocycles. The van der Waals surface area contributed by atoms with Gasteiger partial charge in [-0.3, -0.25) is 4.57 Å². The lowest BCUT2D eigenvalue weighted by atomic mass is 10.0. The fourth-order valence-electron chi connectivity index (χ4n) is 4.08. The first kappa shape index (κ1) is 17.9. The van der Waals surface area contributed by atoms with E-state index < -0.39 is 0 Å². The van der Waals surface area contributed by atoms with Crippen molar-refractivity contribution < 1.29 is 4.74 Å². The van der Waals surface area contributed by atoms with Gasteiger partial charge in [-0.1, -0.05) is 12.1 Å². The van der Waals surface area contributed by atoms with Gasteiger partial charge in [0.1, 0.15) is 17.9 Å². The van der Waals surface area contributed by atoms with Crippen LogP contribution in [0.1, 0.15) is 19.8 Å². The van der Waals surface area contributed by atoms with Crippen LogP contribution in [0, 0.1) is 0 Å². The second-order valence-electron chi connectivity index (χ2n) is 7.54. The van der Waals surface area contributed by atoms with E-state index in [1.54, 1.807) is 0 Å². The van der Waals surface area contributed by atoms with Crippen molar-refractivity contribution in [3.8, 4) is 11.6 Å². The molecule has 0 atom stereocenters. The summed E-state index contributed by atoms with van der Waals surface area (Å²) in [7, 11) is 0. The third-order valence-corrected chi connectivity index (χ3v) is 5.64. The van der Waals surface area contributed by atoms with E-state index in [1.165, 1.54) is 5.69 Å². The molecular weight excluding hydrogens is 362 g/mol. The Labute approximate surface area is 169 Å². The molecule has 0 aliphatic carbocycles. The Hall–Kier alpha value is -3.12. The number of nitrogens with two attached hydrogens (primary N) is 1. The number of rotatable bonds is 4. The van der Waals surface area contributed by atoms with Crippen LogP contribution in [-0.2, 0) is 0 Å². The lowest BCUT2D eigenvalue weighted by Gasteiger charge is -2.32. The molecule has 148 valence electrons. The Morgan fingerprint density at radius 1 is 1.10 bits per heavy atom. The fourth-order valence-corrected chi connectivity index (χ4v) is 4.08. The molecule has 0 spiro atoms. The number of nitrogens with zero attached hydrogens (tertiary/aromatic N) is 4. The van der Waals surface area contributed by atoms with Gasteiger partial charge in [0, 0.05) is 30.6 Å². The predicted octanol–water partition coefficient (Wildman–Crippen LogP) is 3.90. The number of fused-ring (bicyclic) bond motifs is 2. The minimum absolute atomic E-state index is 0.309. The first-order valence-corrected chi connectivity index (χ1v) is 10.2.